The highest BCUT2D eigenvalue weighted by molar-refractivity contribution is 4.98. The molecular weight excluding hydrogens is 224 g/mol. The van der Waals surface area contributed by atoms with Crippen LogP contribution >= 0.6 is 0 Å². The van der Waals surface area contributed by atoms with E-state index in [-0.39, 0.29) is 0 Å². The Bertz CT molecular complexity index is 304. The molecule has 2 heterocycles. The van der Waals surface area contributed by atoms with E-state index >= 15 is 0 Å². The number of hydrogen-bond acceptors (Lipinski definition) is 3. The summed E-state index contributed by atoms with van der Waals surface area (Å²) >= 11 is 0. The standard InChI is InChI=1S/C15H26N2O/c1-2-3-10-17(13-15-8-6-11-18-15)12-14-7-4-5-9-16-14/h6,8,11,14,16H,2-5,7,9-10,12-13H2,1H3. The Morgan fingerprint density at radius 3 is 3.06 bits per heavy atom. The second-order valence-electron chi connectivity index (χ2n) is 5.31. The second kappa shape index (κ2) is 7.59. The molecule has 1 fully saturated rings. The minimum Gasteiger partial charge on any atom is -0.468 e. The number of hydrogen-bond donors (Lipinski definition) is 1. The Labute approximate surface area is 111 Å². The Hall–Kier alpha value is -0.800. The van der Waals surface area contributed by atoms with Crippen molar-refractivity contribution in [3.8, 4) is 0 Å². The van der Waals surface area contributed by atoms with Crippen molar-refractivity contribution in [1.29, 1.82) is 0 Å². The number of piperidine rings is 1. The van der Waals surface area contributed by atoms with Crippen molar-refractivity contribution in [1.82, 2.24) is 10.2 Å². The average Bonchev–Trinajstić information content (AvgIpc) is 2.90. The molecule has 3 nitrogen and oxygen atoms in total. The molecule has 1 N–H and O–H groups in total. The summed E-state index contributed by atoms with van der Waals surface area (Å²) in [5.74, 6) is 1.09. The van der Waals surface area contributed by atoms with Crippen LogP contribution in [-0.4, -0.2) is 30.6 Å². The third-order valence-corrected chi connectivity index (χ3v) is 3.68. The van der Waals surface area contributed by atoms with Crippen molar-refractivity contribution in [2.75, 3.05) is 19.6 Å². The molecule has 0 amide bonds. The molecule has 1 aromatic heterocycles. The van der Waals surface area contributed by atoms with E-state index in [1.165, 1.54) is 45.2 Å². The Balaban J connectivity index is 1.83. The summed E-state index contributed by atoms with van der Waals surface area (Å²) in [5, 5.41) is 3.63. The van der Waals surface area contributed by atoms with E-state index in [1.54, 1.807) is 6.26 Å². The molecule has 0 saturated carbocycles. The number of nitrogens with zero attached hydrogens (tertiary/aromatic N) is 1. The Morgan fingerprint density at radius 2 is 2.39 bits per heavy atom. The van der Waals surface area contributed by atoms with Crippen LogP contribution < -0.4 is 5.32 Å². The van der Waals surface area contributed by atoms with Crippen LogP contribution in [0.1, 0.15) is 44.8 Å². The first-order chi connectivity index (χ1) is 8.88. The minimum absolute atomic E-state index is 0.672. The van der Waals surface area contributed by atoms with E-state index in [4.69, 9.17) is 4.42 Å². The number of nitrogens with one attached hydrogen (secondary N) is 1. The van der Waals surface area contributed by atoms with E-state index in [0.29, 0.717) is 6.04 Å². The number of furan rings is 1. The second-order valence-corrected chi connectivity index (χ2v) is 5.31. The van der Waals surface area contributed by atoms with E-state index in [0.717, 1.165) is 18.8 Å². The lowest BCUT2D eigenvalue weighted by atomic mass is 10.0. The fraction of sp³-hybridized carbons (Fsp3) is 0.733. The SMILES string of the molecule is CCCCN(Cc1ccco1)CC1CCCCN1. The van der Waals surface area contributed by atoms with E-state index in [9.17, 15) is 0 Å². The molecule has 0 aromatic carbocycles. The minimum atomic E-state index is 0.672. The van der Waals surface area contributed by atoms with Gasteiger partial charge in [-0.3, -0.25) is 4.90 Å². The molecule has 0 bridgehead atoms. The molecule has 0 aliphatic carbocycles. The van der Waals surface area contributed by atoms with E-state index in [2.05, 4.69) is 23.2 Å². The van der Waals surface area contributed by atoms with Crippen LogP contribution in [0.4, 0.5) is 0 Å². The van der Waals surface area contributed by atoms with Crippen molar-refractivity contribution < 1.29 is 4.42 Å². The van der Waals surface area contributed by atoms with Crippen molar-refractivity contribution in [3.63, 3.8) is 0 Å². The van der Waals surface area contributed by atoms with Gasteiger partial charge in [0.1, 0.15) is 5.76 Å². The molecule has 1 aromatic rings. The van der Waals surface area contributed by atoms with Gasteiger partial charge in [-0.25, -0.2) is 0 Å². The van der Waals surface area contributed by atoms with Gasteiger partial charge in [0.2, 0.25) is 0 Å². The first-order valence-corrected chi connectivity index (χ1v) is 7.36. The molecule has 0 radical (unpaired) electrons. The van der Waals surface area contributed by atoms with Gasteiger partial charge in [-0.2, -0.15) is 0 Å². The fourth-order valence-corrected chi connectivity index (χ4v) is 2.63. The largest absolute Gasteiger partial charge is 0.468 e. The van der Waals surface area contributed by atoms with Crippen LogP contribution in [0, 0.1) is 0 Å². The highest BCUT2D eigenvalue weighted by atomic mass is 16.3. The summed E-state index contributed by atoms with van der Waals surface area (Å²) in [7, 11) is 0. The summed E-state index contributed by atoms with van der Waals surface area (Å²) in [6, 6.07) is 4.73. The van der Waals surface area contributed by atoms with E-state index < -0.39 is 0 Å². The molecule has 0 spiro atoms. The molecule has 2 rings (SSSR count). The number of unbranched alkanes of at least 4 members (excludes halogenated alkanes) is 1. The van der Waals surface area contributed by atoms with Crippen LogP contribution in [0.25, 0.3) is 0 Å². The third kappa shape index (κ3) is 4.46. The zero-order valence-electron chi connectivity index (χ0n) is 11.5. The molecule has 1 aliphatic heterocycles. The number of rotatable bonds is 7. The normalized spacial score (nSPS) is 20.4. The van der Waals surface area contributed by atoms with Gasteiger partial charge in [0.05, 0.1) is 12.8 Å². The zero-order chi connectivity index (χ0) is 12.6. The molecule has 3 heteroatoms. The van der Waals surface area contributed by atoms with Gasteiger partial charge in [0, 0.05) is 12.6 Å². The van der Waals surface area contributed by atoms with Gasteiger partial charge < -0.3 is 9.73 Å². The monoisotopic (exact) mass is 250 g/mol. The van der Waals surface area contributed by atoms with Gasteiger partial charge in [0.25, 0.3) is 0 Å². The summed E-state index contributed by atoms with van der Waals surface area (Å²) in [6.45, 7) is 6.72. The van der Waals surface area contributed by atoms with Gasteiger partial charge >= 0.3 is 0 Å². The van der Waals surface area contributed by atoms with Crippen molar-refractivity contribution in [2.45, 2.75) is 51.6 Å². The quantitative estimate of drug-likeness (QED) is 0.806. The third-order valence-electron chi connectivity index (χ3n) is 3.68. The fourth-order valence-electron chi connectivity index (χ4n) is 2.63. The maximum atomic E-state index is 5.47. The molecule has 18 heavy (non-hydrogen) atoms. The molecule has 102 valence electrons. The van der Waals surface area contributed by atoms with Gasteiger partial charge in [-0.1, -0.05) is 19.8 Å². The molecule has 1 aliphatic rings. The van der Waals surface area contributed by atoms with Crippen molar-refractivity contribution in [2.24, 2.45) is 0 Å². The van der Waals surface area contributed by atoms with Crippen molar-refractivity contribution in [3.05, 3.63) is 24.2 Å². The lowest BCUT2D eigenvalue weighted by Crippen LogP contribution is -2.43. The maximum absolute atomic E-state index is 5.47. The molecule has 1 unspecified atom stereocenters. The van der Waals surface area contributed by atoms with Gasteiger partial charge in [0.15, 0.2) is 0 Å². The Morgan fingerprint density at radius 1 is 1.44 bits per heavy atom. The van der Waals surface area contributed by atoms with Crippen LogP contribution in [0.5, 0.6) is 0 Å². The smallest absolute Gasteiger partial charge is 0.117 e. The van der Waals surface area contributed by atoms with Gasteiger partial charge in [-0.15, -0.1) is 0 Å². The molecule has 1 atom stereocenters. The van der Waals surface area contributed by atoms with E-state index in [1.807, 2.05) is 6.07 Å². The summed E-state index contributed by atoms with van der Waals surface area (Å²) in [6.07, 6.45) is 8.33. The zero-order valence-corrected chi connectivity index (χ0v) is 11.5. The summed E-state index contributed by atoms with van der Waals surface area (Å²) in [5.41, 5.74) is 0. The highest BCUT2D eigenvalue weighted by Gasteiger charge is 2.17. The average molecular weight is 250 g/mol. The molecule has 1 saturated heterocycles. The van der Waals surface area contributed by atoms with Crippen molar-refractivity contribution >= 4 is 0 Å². The predicted molar refractivity (Wildman–Crippen MR) is 74.5 cm³/mol. The Kier molecular flexibility index (Phi) is 5.75. The predicted octanol–water partition coefficient (Wildman–Crippen LogP) is 3.02. The summed E-state index contributed by atoms with van der Waals surface area (Å²) < 4.78 is 5.47. The molecular formula is C15H26N2O. The first-order valence-electron chi connectivity index (χ1n) is 7.36. The highest BCUT2D eigenvalue weighted by Crippen LogP contribution is 2.12. The topological polar surface area (TPSA) is 28.4 Å². The lowest BCUT2D eigenvalue weighted by Gasteiger charge is -2.30. The summed E-state index contributed by atoms with van der Waals surface area (Å²) in [4.78, 5) is 2.53. The maximum Gasteiger partial charge on any atom is 0.117 e. The van der Waals surface area contributed by atoms with Crippen LogP contribution in [0.2, 0.25) is 0 Å². The lowest BCUT2D eigenvalue weighted by molar-refractivity contribution is 0.201. The van der Waals surface area contributed by atoms with Crippen LogP contribution in [-0.2, 0) is 6.54 Å². The van der Waals surface area contributed by atoms with Crippen LogP contribution in [0.15, 0.2) is 22.8 Å². The first kappa shape index (κ1) is 13.6. The van der Waals surface area contributed by atoms with Crippen LogP contribution in [0.3, 0.4) is 0 Å². The van der Waals surface area contributed by atoms with Gasteiger partial charge in [-0.05, 0) is 44.5 Å².